The van der Waals surface area contributed by atoms with Gasteiger partial charge in [0.05, 0.1) is 30.6 Å². The third-order valence-electron chi connectivity index (χ3n) is 7.51. The number of amides is 1. The molecule has 1 atom stereocenters. The fraction of sp³-hybridized carbons (Fsp3) is 0.433. The zero-order valence-electron chi connectivity index (χ0n) is 23.1. The number of aromatic nitrogens is 2. The van der Waals surface area contributed by atoms with Gasteiger partial charge in [-0.2, -0.15) is 0 Å². The van der Waals surface area contributed by atoms with Gasteiger partial charge in [-0.25, -0.2) is 9.97 Å². The highest BCUT2D eigenvalue weighted by Gasteiger charge is 2.28. The highest BCUT2D eigenvalue weighted by atomic mass is 35.5. The van der Waals surface area contributed by atoms with E-state index in [0.717, 1.165) is 55.0 Å². The second-order valence-corrected chi connectivity index (χ2v) is 10.9. The molecule has 1 aromatic carbocycles. The Bertz CT molecular complexity index is 1240. The van der Waals surface area contributed by atoms with Crippen LogP contribution in [0.4, 0.5) is 5.69 Å². The van der Waals surface area contributed by atoms with Gasteiger partial charge < -0.3 is 19.9 Å². The number of hydrogen-bond donors (Lipinski definition) is 1. The SMILES string of the molecule is COc1ccc(N(Cc2cccc(Cl)n2)C2CCN([C@H](C)CCNC(=O)c3c(C)cc(Cl)nc3C)CC2)cc1. The Labute approximate surface area is 241 Å². The molecule has 208 valence electrons. The number of nitrogens with zero attached hydrogens (tertiary/aromatic N) is 4. The summed E-state index contributed by atoms with van der Waals surface area (Å²) in [6.07, 6.45) is 2.96. The molecular weight excluding hydrogens is 533 g/mol. The highest BCUT2D eigenvalue weighted by Crippen LogP contribution is 2.28. The van der Waals surface area contributed by atoms with Gasteiger partial charge in [-0.1, -0.05) is 29.3 Å². The Kier molecular flexibility index (Phi) is 10.1. The number of nitrogens with one attached hydrogen (secondary N) is 1. The van der Waals surface area contributed by atoms with Crippen LogP contribution in [0, 0.1) is 13.8 Å². The van der Waals surface area contributed by atoms with Gasteiger partial charge in [0, 0.05) is 37.4 Å². The van der Waals surface area contributed by atoms with Gasteiger partial charge in [0.1, 0.15) is 16.1 Å². The summed E-state index contributed by atoms with van der Waals surface area (Å²) in [6.45, 7) is 9.24. The molecule has 1 aliphatic heterocycles. The van der Waals surface area contributed by atoms with E-state index in [1.165, 1.54) is 0 Å². The third kappa shape index (κ3) is 7.62. The number of likely N-dealkylation sites (tertiary alicyclic amines) is 1. The molecule has 2 aromatic heterocycles. The molecular formula is C30H37Cl2N5O2. The Morgan fingerprint density at radius 1 is 1.10 bits per heavy atom. The van der Waals surface area contributed by atoms with E-state index in [0.29, 0.717) is 46.7 Å². The largest absolute Gasteiger partial charge is 0.497 e. The summed E-state index contributed by atoms with van der Waals surface area (Å²) >= 11 is 12.2. The molecule has 0 unspecified atom stereocenters. The van der Waals surface area contributed by atoms with Crippen molar-refractivity contribution >= 4 is 34.8 Å². The molecule has 4 rings (SSSR count). The van der Waals surface area contributed by atoms with E-state index >= 15 is 0 Å². The minimum Gasteiger partial charge on any atom is -0.497 e. The van der Waals surface area contributed by atoms with Gasteiger partial charge in [-0.3, -0.25) is 4.79 Å². The van der Waals surface area contributed by atoms with E-state index < -0.39 is 0 Å². The molecule has 0 radical (unpaired) electrons. The summed E-state index contributed by atoms with van der Waals surface area (Å²) in [5.74, 6) is 0.748. The number of anilines is 1. The normalized spacial score (nSPS) is 15.1. The summed E-state index contributed by atoms with van der Waals surface area (Å²) in [6, 6.07) is 16.5. The molecule has 0 bridgehead atoms. The molecule has 1 N–H and O–H groups in total. The van der Waals surface area contributed by atoms with Crippen molar-refractivity contribution in [3.05, 3.63) is 81.4 Å². The predicted octanol–water partition coefficient (Wildman–Crippen LogP) is 6.09. The van der Waals surface area contributed by atoms with Crippen LogP contribution in [0.5, 0.6) is 5.75 Å². The van der Waals surface area contributed by atoms with E-state index in [4.69, 9.17) is 27.9 Å². The van der Waals surface area contributed by atoms with Gasteiger partial charge in [0.15, 0.2) is 0 Å². The van der Waals surface area contributed by atoms with E-state index in [1.807, 2.05) is 38.1 Å². The monoisotopic (exact) mass is 569 g/mol. The fourth-order valence-corrected chi connectivity index (χ4v) is 5.82. The van der Waals surface area contributed by atoms with E-state index in [9.17, 15) is 4.79 Å². The first kappa shape index (κ1) is 29.1. The van der Waals surface area contributed by atoms with Crippen LogP contribution in [0.3, 0.4) is 0 Å². The molecule has 0 spiro atoms. The Balaban J connectivity index is 1.34. The molecule has 1 amide bonds. The van der Waals surface area contributed by atoms with Gasteiger partial charge in [0.25, 0.3) is 5.91 Å². The number of rotatable bonds is 10. The standard InChI is InChI=1S/C30H37Cl2N5O2/c1-20-18-28(32)34-22(3)29(20)30(38)33-15-12-21(2)36-16-13-25(14-17-36)37(19-23-6-5-7-27(31)35-23)24-8-10-26(39-4)11-9-24/h5-11,18,21,25H,12-17,19H2,1-4H3,(H,33,38)/t21-/m1/s1. The zero-order chi connectivity index (χ0) is 27.9. The molecule has 0 saturated carbocycles. The van der Waals surface area contributed by atoms with Crippen LogP contribution in [-0.2, 0) is 6.54 Å². The quantitative estimate of drug-likeness (QED) is 0.298. The van der Waals surface area contributed by atoms with Gasteiger partial charge in [-0.05, 0) is 88.1 Å². The first-order valence-electron chi connectivity index (χ1n) is 13.4. The lowest BCUT2D eigenvalue weighted by Crippen LogP contribution is -2.48. The van der Waals surface area contributed by atoms with Crippen LogP contribution in [0.25, 0.3) is 0 Å². The van der Waals surface area contributed by atoms with Crippen molar-refractivity contribution in [2.24, 2.45) is 0 Å². The van der Waals surface area contributed by atoms with Crippen LogP contribution in [0.2, 0.25) is 10.3 Å². The molecule has 9 heteroatoms. The summed E-state index contributed by atoms with van der Waals surface area (Å²) in [7, 11) is 1.68. The number of hydrogen-bond acceptors (Lipinski definition) is 6. The van der Waals surface area contributed by atoms with E-state index in [2.05, 4.69) is 44.1 Å². The molecule has 3 aromatic rings. The zero-order valence-corrected chi connectivity index (χ0v) is 24.6. The predicted molar refractivity (Wildman–Crippen MR) is 158 cm³/mol. The van der Waals surface area contributed by atoms with Gasteiger partial charge >= 0.3 is 0 Å². The topological polar surface area (TPSA) is 70.6 Å². The molecule has 1 aliphatic rings. The van der Waals surface area contributed by atoms with Gasteiger partial charge in [0.2, 0.25) is 0 Å². The summed E-state index contributed by atoms with van der Waals surface area (Å²) in [4.78, 5) is 26.5. The summed E-state index contributed by atoms with van der Waals surface area (Å²) < 4.78 is 5.37. The van der Waals surface area contributed by atoms with Crippen molar-refractivity contribution in [2.75, 3.05) is 31.6 Å². The lowest BCUT2D eigenvalue weighted by molar-refractivity contribution is 0.0943. The smallest absolute Gasteiger partial charge is 0.253 e. The Morgan fingerprint density at radius 3 is 2.46 bits per heavy atom. The molecule has 39 heavy (non-hydrogen) atoms. The second-order valence-electron chi connectivity index (χ2n) is 10.2. The number of carbonyl (C=O) groups is 1. The van der Waals surface area contributed by atoms with Gasteiger partial charge in [-0.15, -0.1) is 0 Å². The fourth-order valence-electron chi connectivity index (χ4n) is 5.35. The molecule has 3 heterocycles. The Hall–Kier alpha value is -2.87. The molecule has 1 saturated heterocycles. The number of halogens is 2. The van der Waals surface area contributed by atoms with Crippen molar-refractivity contribution in [1.29, 1.82) is 0 Å². The molecule has 1 fully saturated rings. The number of aryl methyl sites for hydroxylation is 2. The van der Waals surface area contributed by atoms with E-state index in [1.54, 1.807) is 19.2 Å². The van der Waals surface area contributed by atoms with Crippen LogP contribution in [0.15, 0.2) is 48.5 Å². The van der Waals surface area contributed by atoms with Crippen molar-refractivity contribution in [3.63, 3.8) is 0 Å². The maximum Gasteiger partial charge on any atom is 0.253 e. The van der Waals surface area contributed by atoms with Crippen LogP contribution < -0.4 is 15.0 Å². The van der Waals surface area contributed by atoms with Crippen LogP contribution in [0.1, 0.15) is 53.5 Å². The van der Waals surface area contributed by atoms with Crippen molar-refractivity contribution in [3.8, 4) is 5.75 Å². The lowest BCUT2D eigenvalue weighted by Gasteiger charge is -2.41. The molecule has 0 aliphatic carbocycles. The number of piperidine rings is 1. The van der Waals surface area contributed by atoms with Crippen molar-refractivity contribution < 1.29 is 9.53 Å². The third-order valence-corrected chi connectivity index (χ3v) is 7.92. The highest BCUT2D eigenvalue weighted by molar-refractivity contribution is 6.29. The summed E-state index contributed by atoms with van der Waals surface area (Å²) in [5, 5.41) is 3.99. The second kappa shape index (κ2) is 13.5. The van der Waals surface area contributed by atoms with Crippen LogP contribution >= 0.6 is 23.2 Å². The van der Waals surface area contributed by atoms with Crippen molar-refractivity contribution in [1.82, 2.24) is 20.2 Å². The van der Waals surface area contributed by atoms with Crippen LogP contribution in [-0.4, -0.2) is 59.6 Å². The maximum absolute atomic E-state index is 12.8. The average molecular weight is 571 g/mol. The van der Waals surface area contributed by atoms with Crippen molar-refractivity contribution in [2.45, 2.75) is 58.7 Å². The average Bonchev–Trinajstić information content (AvgIpc) is 2.91. The minimum atomic E-state index is -0.0927. The summed E-state index contributed by atoms with van der Waals surface area (Å²) in [5.41, 5.74) is 4.21. The number of benzene rings is 1. The first-order chi connectivity index (χ1) is 18.7. The minimum absolute atomic E-state index is 0.0927. The lowest BCUT2D eigenvalue weighted by atomic mass is 9.99. The number of pyridine rings is 2. The number of methoxy groups -OCH3 is 1. The maximum atomic E-state index is 12.8. The Morgan fingerprint density at radius 2 is 1.82 bits per heavy atom. The molecule has 7 nitrogen and oxygen atoms in total. The number of ether oxygens (including phenoxy) is 1. The first-order valence-corrected chi connectivity index (χ1v) is 14.2. The van der Waals surface area contributed by atoms with E-state index in [-0.39, 0.29) is 5.91 Å². The number of carbonyl (C=O) groups excluding carboxylic acids is 1.